The molecular formula is C29H31N3O3. The number of hydrogen-bond donors (Lipinski definition) is 1. The molecule has 1 aliphatic heterocycles. The number of rotatable bonds is 9. The van der Waals surface area contributed by atoms with Crippen LogP contribution in [0.15, 0.2) is 96.1 Å². The van der Waals surface area contributed by atoms with Gasteiger partial charge in [-0.25, -0.2) is 0 Å². The number of amides is 1. The van der Waals surface area contributed by atoms with E-state index in [0.717, 1.165) is 22.5 Å². The van der Waals surface area contributed by atoms with E-state index in [4.69, 9.17) is 9.84 Å². The summed E-state index contributed by atoms with van der Waals surface area (Å²) in [6, 6.07) is 29.9. The number of nitrogens with zero attached hydrogens (tertiary/aromatic N) is 2. The van der Waals surface area contributed by atoms with E-state index in [1.807, 2.05) is 83.9 Å². The number of carbonyl (C=O) groups is 2. The third-order valence-corrected chi connectivity index (χ3v) is 6.51. The monoisotopic (exact) mass is 469 g/mol. The Morgan fingerprint density at radius 1 is 0.914 bits per heavy atom. The SMILES string of the molecule is COC(=O)CCCCNC(=O)C1C(c2ccccc2)=NN(c2ccccc2)C1(C)c1ccccc1. The summed E-state index contributed by atoms with van der Waals surface area (Å²) < 4.78 is 4.70. The van der Waals surface area contributed by atoms with Gasteiger partial charge in [0.2, 0.25) is 5.91 Å². The molecule has 0 bridgehead atoms. The molecule has 0 saturated heterocycles. The van der Waals surface area contributed by atoms with Crippen molar-refractivity contribution in [2.75, 3.05) is 18.7 Å². The van der Waals surface area contributed by atoms with Crippen LogP contribution in [0.5, 0.6) is 0 Å². The molecule has 0 fully saturated rings. The van der Waals surface area contributed by atoms with Crippen LogP contribution in [0, 0.1) is 5.92 Å². The topological polar surface area (TPSA) is 71.0 Å². The standard InChI is InChI=1S/C29H31N3O3/c1-29(23-16-8-4-9-17-23)26(28(34)30-21-13-12-20-25(33)35-2)27(22-14-6-3-7-15-22)31-32(29)24-18-10-5-11-19-24/h3-11,14-19,26H,12-13,20-21H2,1-2H3,(H,30,34). The van der Waals surface area contributed by atoms with E-state index >= 15 is 0 Å². The summed E-state index contributed by atoms with van der Waals surface area (Å²) in [6.45, 7) is 2.56. The highest BCUT2D eigenvalue weighted by Crippen LogP contribution is 2.45. The molecule has 6 heteroatoms. The van der Waals surface area contributed by atoms with E-state index in [1.54, 1.807) is 0 Å². The van der Waals surface area contributed by atoms with Crippen LogP contribution in [0.25, 0.3) is 0 Å². The van der Waals surface area contributed by atoms with Crippen molar-refractivity contribution in [1.82, 2.24) is 5.32 Å². The molecule has 1 aliphatic rings. The van der Waals surface area contributed by atoms with Gasteiger partial charge in [0.15, 0.2) is 0 Å². The molecule has 0 saturated carbocycles. The number of unbranched alkanes of at least 4 members (excludes halogenated alkanes) is 1. The first-order valence-corrected chi connectivity index (χ1v) is 11.9. The lowest BCUT2D eigenvalue weighted by atomic mass is 9.75. The van der Waals surface area contributed by atoms with Gasteiger partial charge in [-0.1, -0.05) is 78.9 Å². The Labute approximate surface area is 206 Å². The molecule has 6 nitrogen and oxygen atoms in total. The van der Waals surface area contributed by atoms with E-state index < -0.39 is 11.5 Å². The van der Waals surface area contributed by atoms with Crippen molar-refractivity contribution in [3.63, 3.8) is 0 Å². The predicted molar refractivity (Wildman–Crippen MR) is 138 cm³/mol. The Morgan fingerprint density at radius 3 is 2.14 bits per heavy atom. The minimum absolute atomic E-state index is 0.0875. The Morgan fingerprint density at radius 2 is 1.51 bits per heavy atom. The van der Waals surface area contributed by atoms with Crippen molar-refractivity contribution in [3.8, 4) is 0 Å². The number of hydrazone groups is 1. The molecule has 180 valence electrons. The molecule has 4 rings (SSSR count). The second-order valence-electron chi connectivity index (χ2n) is 8.77. The van der Waals surface area contributed by atoms with Crippen molar-refractivity contribution in [2.45, 2.75) is 31.7 Å². The number of methoxy groups -OCH3 is 1. The van der Waals surface area contributed by atoms with Crippen molar-refractivity contribution in [3.05, 3.63) is 102 Å². The van der Waals surface area contributed by atoms with Crippen LogP contribution in [0.3, 0.4) is 0 Å². The van der Waals surface area contributed by atoms with Gasteiger partial charge < -0.3 is 10.1 Å². The zero-order valence-corrected chi connectivity index (χ0v) is 20.2. The molecule has 1 N–H and O–H groups in total. The number of para-hydroxylation sites is 1. The Hall–Kier alpha value is -3.93. The van der Waals surface area contributed by atoms with Crippen LogP contribution in [-0.4, -0.2) is 31.2 Å². The molecule has 3 aromatic carbocycles. The van der Waals surface area contributed by atoms with E-state index in [-0.39, 0.29) is 11.9 Å². The summed E-state index contributed by atoms with van der Waals surface area (Å²) in [4.78, 5) is 25.2. The molecule has 0 aromatic heterocycles. The van der Waals surface area contributed by atoms with Crippen LogP contribution < -0.4 is 10.3 Å². The maximum Gasteiger partial charge on any atom is 0.305 e. The number of carbonyl (C=O) groups excluding carboxylic acids is 2. The van der Waals surface area contributed by atoms with Gasteiger partial charge in [0, 0.05) is 13.0 Å². The maximum absolute atomic E-state index is 13.8. The predicted octanol–water partition coefficient (Wildman–Crippen LogP) is 4.90. The van der Waals surface area contributed by atoms with Gasteiger partial charge in [-0.05, 0) is 43.0 Å². The largest absolute Gasteiger partial charge is 0.469 e. The minimum atomic E-state index is -0.746. The highest BCUT2D eigenvalue weighted by molar-refractivity contribution is 6.16. The normalized spacial score (nSPS) is 19.2. The Balaban J connectivity index is 1.70. The summed E-state index contributed by atoms with van der Waals surface area (Å²) in [5.41, 5.74) is 2.82. The van der Waals surface area contributed by atoms with Gasteiger partial charge in [0.25, 0.3) is 0 Å². The first-order chi connectivity index (χ1) is 17.1. The zero-order valence-electron chi connectivity index (χ0n) is 20.2. The quantitative estimate of drug-likeness (QED) is 0.357. The Kier molecular flexibility index (Phi) is 7.60. The smallest absolute Gasteiger partial charge is 0.305 e. The number of anilines is 1. The molecule has 2 unspecified atom stereocenters. The number of nitrogens with one attached hydrogen (secondary N) is 1. The molecule has 0 aliphatic carbocycles. The molecule has 3 aromatic rings. The van der Waals surface area contributed by atoms with Crippen LogP contribution in [-0.2, 0) is 19.9 Å². The minimum Gasteiger partial charge on any atom is -0.469 e. The number of ether oxygens (including phenoxy) is 1. The lowest BCUT2D eigenvalue weighted by Gasteiger charge is -2.39. The maximum atomic E-state index is 13.8. The number of esters is 1. The van der Waals surface area contributed by atoms with Crippen molar-refractivity contribution in [2.24, 2.45) is 11.0 Å². The molecule has 1 amide bonds. The van der Waals surface area contributed by atoms with Crippen molar-refractivity contribution < 1.29 is 14.3 Å². The number of benzene rings is 3. The molecule has 0 radical (unpaired) electrons. The summed E-state index contributed by atoms with van der Waals surface area (Å²) in [7, 11) is 1.39. The molecular weight excluding hydrogens is 438 g/mol. The lowest BCUT2D eigenvalue weighted by Crippen LogP contribution is -2.50. The van der Waals surface area contributed by atoms with E-state index in [0.29, 0.717) is 25.8 Å². The van der Waals surface area contributed by atoms with Gasteiger partial charge in [0.05, 0.1) is 18.5 Å². The Bertz CT molecular complexity index is 1170. The first kappa shape index (κ1) is 24.2. The molecule has 1 heterocycles. The van der Waals surface area contributed by atoms with Crippen LogP contribution in [0.1, 0.15) is 37.3 Å². The molecule has 35 heavy (non-hydrogen) atoms. The third-order valence-electron chi connectivity index (χ3n) is 6.51. The molecule has 2 atom stereocenters. The van der Waals surface area contributed by atoms with E-state index in [1.165, 1.54) is 7.11 Å². The zero-order chi connectivity index (χ0) is 24.7. The van der Waals surface area contributed by atoms with E-state index in [2.05, 4.69) is 24.4 Å². The van der Waals surface area contributed by atoms with Crippen LogP contribution >= 0.6 is 0 Å². The summed E-state index contributed by atoms with van der Waals surface area (Å²) in [5.74, 6) is -0.871. The average molecular weight is 470 g/mol. The number of hydrogen-bond acceptors (Lipinski definition) is 5. The van der Waals surface area contributed by atoms with Gasteiger partial charge in [-0.15, -0.1) is 0 Å². The van der Waals surface area contributed by atoms with Crippen molar-refractivity contribution >= 4 is 23.3 Å². The van der Waals surface area contributed by atoms with Gasteiger partial charge >= 0.3 is 5.97 Å². The van der Waals surface area contributed by atoms with Gasteiger partial charge in [0.1, 0.15) is 11.5 Å². The second-order valence-corrected chi connectivity index (χ2v) is 8.77. The molecule has 0 spiro atoms. The summed E-state index contributed by atoms with van der Waals surface area (Å²) in [6.07, 6.45) is 1.69. The lowest BCUT2D eigenvalue weighted by molar-refractivity contribution is -0.140. The van der Waals surface area contributed by atoms with Crippen LogP contribution in [0.2, 0.25) is 0 Å². The summed E-state index contributed by atoms with van der Waals surface area (Å²) >= 11 is 0. The first-order valence-electron chi connectivity index (χ1n) is 11.9. The fourth-order valence-electron chi connectivity index (χ4n) is 4.64. The summed E-state index contributed by atoms with van der Waals surface area (Å²) in [5, 5.41) is 10.2. The van der Waals surface area contributed by atoms with Gasteiger partial charge in [-0.2, -0.15) is 5.10 Å². The average Bonchev–Trinajstić information content (AvgIpc) is 3.24. The van der Waals surface area contributed by atoms with Crippen molar-refractivity contribution in [1.29, 1.82) is 0 Å². The third kappa shape index (κ3) is 5.11. The van der Waals surface area contributed by atoms with E-state index in [9.17, 15) is 9.59 Å². The fraction of sp³-hybridized carbons (Fsp3) is 0.276. The van der Waals surface area contributed by atoms with Crippen LogP contribution in [0.4, 0.5) is 5.69 Å². The fourth-order valence-corrected chi connectivity index (χ4v) is 4.64. The van der Waals surface area contributed by atoms with Gasteiger partial charge in [-0.3, -0.25) is 14.6 Å². The second kappa shape index (κ2) is 11.0. The highest BCUT2D eigenvalue weighted by Gasteiger charge is 2.53. The highest BCUT2D eigenvalue weighted by atomic mass is 16.5.